The lowest BCUT2D eigenvalue weighted by atomic mass is 10.1. The van der Waals surface area contributed by atoms with Crippen LogP contribution in [0.25, 0.3) is 10.9 Å². The van der Waals surface area contributed by atoms with Crippen molar-refractivity contribution in [2.75, 3.05) is 12.4 Å². The molecule has 1 amide bonds. The van der Waals surface area contributed by atoms with E-state index in [0.717, 1.165) is 10.9 Å². The van der Waals surface area contributed by atoms with Crippen molar-refractivity contribution in [3.05, 3.63) is 60.6 Å². The molecule has 0 radical (unpaired) electrons. The number of pyridine rings is 2. The molecule has 0 saturated heterocycles. The monoisotopic (exact) mass is 279 g/mol. The number of hydrogen-bond acceptors (Lipinski definition) is 4. The summed E-state index contributed by atoms with van der Waals surface area (Å²) in [6, 6.07) is 10.7. The lowest BCUT2D eigenvalue weighted by Gasteiger charge is -2.09. The van der Waals surface area contributed by atoms with Gasteiger partial charge in [0.05, 0.1) is 23.9 Å². The molecule has 0 aliphatic carbocycles. The van der Waals surface area contributed by atoms with Crippen molar-refractivity contribution in [1.29, 1.82) is 0 Å². The molecule has 0 atom stereocenters. The average molecular weight is 279 g/mol. The van der Waals surface area contributed by atoms with Crippen LogP contribution < -0.4 is 10.1 Å². The van der Waals surface area contributed by atoms with Crippen LogP contribution in [0.1, 0.15) is 10.4 Å². The number of methoxy groups -OCH3 is 1. The SMILES string of the molecule is COc1ccc2nccc(NC(=O)c3cccnc3)c2c1. The molecule has 1 aromatic carbocycles. The van der Waals surface area contributed by atoms with Crippen molar-refractivity contribution in [3.8, 4) is 5.75 Å². The summed E-state index contributed by atoms with van der Waals surface area (Å²) in [7, 11) is 1.60. The van der Waals surface area contributed by atoms with E-state index in [4.69, 9.17) is 4.74 Å². The van der Waals surface area contributed by atoms with Crippen LogP contribution in [-0.2, 0) is 0 Å². The van der Waals surface area contributed by atoms with Crippen molar-refractivity contribution in [1.82, 2.24) is 9.97 Å². The fraction of sp³-hybridized carbons (Fsp3) is 0.0625. The average Bonchev–Trinajstić information content (AvgIpc) is 2.55. The van der Waals surface area contributed by atoms with Crippen LogP contribution in [0.2, 0.25) is 0 Å². The molecular weight excluding hydrogens is 266 g/mol. The lowest BCUT2D eigenvalue weighted by Crippen LogP contribution is -2.12. The molecule has 3 rings (SSSR count). The van der Waals surface area contributed by atoms with Gasteiger partial charge >= 0.3 is 0 Å². The summed E-state index contributed by atoms with van der Waals surface area (Å²) in [4.78, 5) is 20.4. The van der Waals surface area contributed by atoms with Gasteiger partial charge in [-0.2, -0.15) is 0 Å². The Labute approximate surface area is 121 Å². The van der Waals surface area contributed by atoms with Gasteiger partial charge in [0.2, 0.25) is 0 Å². The number of rotatable bonds is 3. The quantitative estimate of drug-likeness (QED) is 0.800. The molecule has 0 saturated carbocycles. The summed E-state index contributed by atoms with van der Waals surface area (Å²) >= 11 is 0. The highest BCUT2D eigenvalue weighted by molar-refractivity contribution is 6.08. The highest BCUT2D eigenvalue weighted by Gasteiger charge is 2.09. The molecule has 1 N–H and O–H groups in total. The molecule has 0 spiro atoms. The number of nitrogens with one attached hydrogen (secondary N) is 1. The van der Waals surface area contributed by atoms with Crippen molar-refractivity contribution in [3.63, 3.8) is 0 Å². The van der Waals surface area contributed by atoms with Crippen LogP contribution in [-0.4, -0.2) is 23.0 Å². The molecule has 0 unspecified atom stereocenters. The molecule has 21 heavy (non-hydrogen) atoms. The van der Waals surface area contributed by atoms with Crippen LogP contribution in [0.15, 0.2) is 55.0 Å². The summed E-state index contributed by atoms with van der Waals surface area (Å²) in [6.07, 6.45) is 4.82. The molecular formula is C16H13N3O2. The van der Waals surface area contributed by atoms with Crippen LogP contribution in [0.3, 0.4) is 0 Å². The Hall–Kier alpha value is -2.95. The van der Waals surface area contributed by atoms with E-state index < -0.39 is 0 Å². The number of ether oxygens (including phenoxy) is 1. The molecule has 3 aromatic rings. The normalized spacial score (nSPS) is 10.3. The summed E-state index contributed by atoms with van der Waals surface area (Å²) in [5.74, 6) is 0.505. The van der Waals surface area contributed by atoms with Gasteiger partial charge in [-0.3, -0.25) is 14.8 Å². The molecule has 2 aromatic heterocycles. The maximum atomic E-state index is 12.2. The Balaban J connectivity index is 1.98. The van der Waals surface area contributed by atoms with E-state index >= 15 is 0 Å². The molecule has 0 aliphatic rings. The van der Waals surface area contributed by atoms with Crippen LogP contribution in [0.5, 0.6) is 5.75 Å². The fourth-order valence-corrected chi connectivity index (χ4v) is 2.05. The summed E-state index contributed by atoms with van der Waals surface area (Å²) in [5, 5.41) is 3.71. The molecule has 104 valence electrons. The zero-order valence-corrected chi connectivity index (χ0v) is 11.4. The smallest absolute Gasteiger partial charge is 0.257 e. The Morgan fingerprint density at radius 2 is 2.10 bits per heavy atom. The number of carbonyl (C=O) groups is 1. The fourth-order valence-electron chi connectivity index (χ4n) is 2.05. The third kappa shape index (κ3) is 2.67. The van der Waals surface area contributed by atoms with Gasteiger partial charge in [-0.05, 0) is 36.4 Å². The van der Waals surface area contributed by atoms with Gasteiger partial charge in [-0.15, -0.1) is 0 Å². The number of carbonyl (C=O) groups excluding carboxylic acids is 1. The molecule has 2 heterocycles. The van der Waals surface area contributed by atoms with Crippen LogP contribution in [0.4, 0.5) is 5.69 Å². The zero-order chi connectivity index (χ0) is 14.7. The van der Waals surface area contributed by atoms with Gasteiger partial charge in [0, 0.05) is 24.0 Å². The van der Waals surface area contributed by atoms with Crippen LogP contribution >= 0.6 is 0 Å². The second-order valence-electron chi connectivity index (χ2n) is 4.44. The first-order valence-electron chi connectivity index (χ1n) is 6.42. The van der Waals surface area contributed by atoms with E-state index in [1.54, 1.807) is 37.7 Å². The Morgan fingerprint density at radius 1 is 1.19 bits per heavy atom. The van der Waals surface area contributed by atoms with E-state index in [0.29, 0.717) is 17.0 Å². The minimum atomic E-state index is -0.210. The summed E-state index contributed by atoms with van der Waals surface area (Å²) in [5.41, 5.74) is 1.98. The number of anilines is 1. The Bertz CT molecular complexity index is 788. The summed E-state index contributed by atoms with van der Waals surface area (Å²) < 4.78 is 5.22. The Morgan fingerprint density at radius 3 is 2.86 bits per heavy atom. The van der Waals surface area contributed by atoms with Gasteiger partial charge in [-0.25, -0.2) is 0 Å². The van der Waals surface area contributed by atoms with E-state index in [1.165, 1.54) is 6.20 Å². The maximum absolute atomic E-state index is 12.2. The maximum Gasteiger partial charge on any atom is 0.257 e. The third-order valence-electron chi connectivity index (χ3n) is 3.12. The third-order valence-corrected chi connectivity index (χ3v) is 3.12. The van der Waals surface area contributed by atoms with E-state index in [2.05, 4.69) is 15.3 Å². The van der Waals surface area contributed by atoms with E-state index in [-0.39, 0.29) is 5.91 Å². The second kappa shape index (κ2) is 5.58. The highest BCUT2D eigenvalue weighted by atomic mass is 16.5. The molecule has 5 nitrogen and oxygen atoms in total. The standard InChI is InChI=1S/C16H13N3O2/c1-21-12-4-5-14-13(9-12)15(6-8-18-14)19-16(20)11-3-2-7-17-10-11/h2-10H,1H3,(H,18,19,20). The van der Waals surface area contributed by atoms with Crippen LogP contribution in [0, 0.1) is 0 Å². The van der Waals surface area contributed by atoms with Crippen molar-refractivity contribution >= 4 is 22.5 Å². The summed E-state index contributed by atoms with van der Waals surface area (Å²) in [6.45, 7) is 0. The number of benzene rings is 1. The minimum absolute atomic E-state index is 0.210. The first kappa shape index (κ1) is 13.1. The molecule has 0 fully saturated rings. The highest BCUT2D eigenvalue weighted by Crippen LogP contribution is 2.26. The van der Waals surface area contributed by atoms with Crippen molar-refractivity contribution in [2.24, 2.45) is 0 Å². The van der Waals surface area contributed by atoms with Crippen molar-refractivity contribution < 1.29 is 9.53 Å². The number of amides is 1. The first-order chi connectivity index (χ1) is 10.3. The lowest BCUT2D eigenvalue weighted by molar-refractivity contribution is 0.102. The molecule has 0 bridgehead atoms. The first-order valence-corrected chi connectivity index (χ1v) is 6.42. The molecule has 5 heteroatoms. The largest absolute Gasteiger partial charge is 0.497 e. The topological polar surface area (TPSA) is 64.1 Å². The van der Waals surface area contributed by atoms with E-state index in [1.807, 2.05) is 18.2 Å². The number of hydrogen-bond donors (Lipinski definition) is 1. The van der Waals surface area contributed by atoms with E-state index in [9.17, 15) is 4.79 Å². The molecule has 0 aliphatic heterocycles. The van der Waals surface area contributed by atoms with Gasteiger partial charge in [0.15, 0.2) is 0 Å². The predicted octanol–water partition coefficient (Wildman–Crippen LogP) is 2.89. The van der Waals surface area contributed by atoms with Gasteiger partial charge < -0.3 is 10.1 Å². The minimum Gasteiger partial charge on any atom is -0.497 e. The Kier molecular flexibility index (Phi) is 3.47. The van der Waals surface area contributed by atoms with Gasteiger partial charge in [-0.1, -0.05) is 0 Å². The van der Waals surface area contributed by atoms with Gasteiger partial charge in [0.25, 0.3) is 5.91 Å². The van der Waals surface area contributed by atoms with Gasteiger partial charge in [0.1, 0.15) is 5.75 Å². The predicted molar refractivity (Wildman–Crippen MR) is 80.5 cm³/mol. The second-order valence-corrected chi connectivity index (χ2v) is 4.44. The van der Waals surface area contributed by atoms with Crippen molar-refractivity contribution in [2.45, 2.75) is 0 Å². The number of nitrogens with zero attached hydrogens (tertiary/aromatic N) is 2. The zero-order valence-electron chi connectivity index (χ0n) is 11.4. The number of fused-ring (bicyclic) bond motifs is 1. The number of aromatic nitrogens is 2.